The topological polar surface area (TPSA) is 89.8 Å². The Kier molecular flexibility index (Phi) is 5.08. The third-order valence-electron chi connectivity index (χ3n) is 3.74. The van der Waals surface area contributed by atoms with E-state index in [-0.39, 0.29) is 29.8 Å². The van der Waals surface area contributed by atoms with Gasteiger partial charge >= 0.3 is 5.97 Å². The van der Waals surface area contributed by atoms with E-state index < -0.39 is 10.9 Å². The Balaban J connectivity index is 1.93. The van der Waals surface area contributed by atoms with Gasteiger partial charge in [0.05, 0.1) is 10.5 Å². The minimum atomic E-state index is -0.735. The number of rotatable bonds is 4. The van der Waals surface area contributed by atoms with Crippen molar-refractivity contribution in [3.63, 3.8) is 0 Å². The summed E-state index contributed by atoms with van der Waals surface area (Å²) in [4.78, 5) is 35.7. The molecule has 0 radical (unpaired) electrons. The van der Waals surface area contributed by atoms with Crippen LogP contribution in [0.3, 0.4) is 0 Å². The van der Waals surface area contributed by atoms with Gasteiger partial charge in [-0.2, -0.15) is 0 Å². The summed E-state index contributed by atoms with van der Waals surface area (Å²) in [7, 11) is 0. The number of hydrogen-bond donors (Lipinski definition) is 0. The molecule has 2 rings (SSSR count). The molecule has 0 saturated carbocycles. The number of non-ortho nitro benzene ring substituents is 1. The number of piperidine rings is 1. The van der Waals surface area contributed by atoms with Gasteiger partial charge in [-0.3, -0.25) is 14.9 Å². The maximum atomic E-state index is 12.1. The third kappa shape index (κ3) is 3.81. The van der Waals surface area contributed by atoms with Gasteiger partial charge in [0.1, 0.15) is 0 Å². The second-order valence-corrected chi connectivity index (χ2v) is 5.32. The maximum Gasteiger partial charge on any atom is 0.338 e. The predicted octanol–water partition coefficient (Wildman–Crippen LogP) is 2.15. The molecule has 1 aliphatic rings. The molecule has 1 saturated heterocycles. The summed E-state index contributed by atoms with van der Waals surface area (Å²) in [5.74, 6) is -0.965. The lowest BCUT2D eigenvalue weighted by molar-refractivity contribution is -0.384. The van der Waals surface area contributed by atoms with Crippen molar-refractivity contribution in [3.05, 3.63) is 39.9 Å². The SMILES string of the molecule is C[C@@H]1CCCCN1C(=O)COC(=O)c1cccc([N+](=O)[O-])c1. The van der Waals surface area contributed by atoms with Crippen molar-refractivity contribution < 1.29 is 19.2 Å². The van der Waals surface area contributed by atoms with Crippen molar-refractivity contribution >= 4 is 17.6 Å². The van der Waals surface area contributed by atoms with Gasteiger partial charge < -0.3 is 9.64 Å². The molecule has 1 aromatic carbocycles. The zero-order valence-electron chi connectivity index (χ0n) is 12.4. The van der Waals surface area contributed by atoms with Crippen LogP contribution in [0.25, 0.3) is 0 Å². The first kappa shape index (κ1) is 15.9. The van der Waals surface area contributed by atoms with Gasteiger partial charge in [0.25, 0.3) is 11.6 Å². The van der Waals surface area contributed by atoms with Crippen LogP contribution in [0.1, 0.15) is 36.5 Å². The molecule has 0 bridgehead atoms. The molecule has 0 N–H and O–H groups in total. The van der Waals surface area contributed by atoms with E-state index in [9.17, 15) is 19.7 Å². The van der Waals surface area contributed by atoms with Gasteiger partial charge in [0, 0.05) is 24.7 Å². The van der Waals surface area contributed by atoms with Crippen LogP contribution in [-0.4, -0.2) is 40.9 Å². The first-order valence-corrected chi connectivity index (χ1v) is 7.20. The summed E-state index contributed by atoms with van der Waals surface area (Å²) in [6.45, 7) is 2.31. The van der Waals surface area contributed by atoms with E-state index in [2.05, 4.69) is 0 Å². The second-order valence-electron chi connectivity index (χ2n) is 5.32. The number of benzene rings is 1. The van der Waals surface area contributed by atoms with Crippen molar-refractivity contribution in [3.8, 4) is 0 Å². The van der Waals surface area contributed by atoms with Crippen molar-refractivity contribution in [2.45, 2.75) is 32.2 Å². The van der Waals surface area contributed by atoms with Crippen molar-refractivity contribution in [2.75, 3.05) is 13.2 Å². The lowest BCUT2D eigenvalue weighted by atomic mass is 10.0. The van der Waals surface area contributed by atoms with Gasteiger partial charge in [-0.1, -0.05) is 6.07 Å². The smallest absolute Gasteiger partial charge is 0.338 e. The highest BCUT2D eigenvalue weighted by atomic mass is 16.6. The standard InChI is InChI=1S/C15H18N2O5/c1-11-5-2-3-8-16(11)14(18)10-22-15(19)12-6-4-7-13(9-12)17(20)21/h4,6-7,9,11H,2-3,5,8,10H2,1H3/t11-/m1/s1. The summed E-state index contributed by atoms with van der Waals surface area (Å²) >= 11 is 0. The summed E-state index contributed by atoms with van der Waals surface area (Å²) < 4.78 is 4.97. The molecule has 0 unspecified atom stereocenters. The molecule has 1 atom stereocenters. The molecular formula is C15H18N2O5. The van der Waals surface area contributed by atoms with E-state index in [0.717, 1.165) is 25.3 Å². The van der Waals surface area contributed by atoms with Crippen LogP contribution in [0.5, 0.6) is 0 Å². The van der Waals surface area contributed by atoms with E-state index in [1.807, 2.05) is 6.92 Å². The highest BCUT2D eigenvalue weighted by Crippen LogP contribution is 2.17. The number of nitro benzene ring substituents is 1. The number of carbonyl (C=O) groups is 2. The van der Waals surface area contributed by atoms with E-state index in [1.165, 1.54) is 18.2 Å². The Morgan fingerprint density at radius 2 is 2.18 bits per heavy atom. The van der Waals surface area contributed by atoms with Crippen LogP contribution in [0.15, 0.2) is 24.3 Å². The first-order valence-electron chi connectivity index (χ1n) is 7.20. The number of nitrogens with zero attached hydrogens (tertiary/aromatic N) is 2. The fraction of sp³-hybridized carbons (Fsp3) is 0.467. The second kappa shape index (κ2) is 7.02. The average Bonchev–Trinajstić information content (AvgIpc) is 2.52. The highest BCUT2D eigenvalue weighted by molar-refractivity contribution is 5.92. The van der Waals surface area contributed by atoms with E-state index in [0.29, 0.717) is 6.54 Å². The Hall–Kier alpha value is -2.44. The fourth-order valence-electron chi connectivity index (χ4n) is 2.51. The Morgan fingerprint density at radius 3 is 2.86 bits per heavy atom. The zero-order chi connectivity index (χ0) is 16.1. The van der Waals surface area contributed by atoms with Crippen LogP contribution in [0.2, 0.25) is 0 Å². The maximum absolute atomic E-state index is 12.1. The van der Waals surface area contributed by atoms with Crippen molar-refractivity contribution in [2.24, 2.45) is 0 Å². The van der Waals surface area contributed by atoms with Gasteiger partial charge in [0.15, 0.2) is 6.61 Å². The van der Waals surface area contributed by atoms with E-state index in [1.54, 1.807) is 4.90 Å². The molecule has 0 spiro atoms. The molecule has 0 aromatic heterocycles. The number of amides is 1. The minimum Gasteiger partial charge on any atom is -0.452 e. The molecule has 1 aliphatic heterocycles. The molecule has 7 heteroatoms. The number of ether oxygens (including phenoxy) is 1. The monoisotopic (exact) mass is 306 g/mol. The first-order chi connectivity index (χ1) is 10.5. The molecule has 1 amide bonds. The molecule has 1 fully saturated rings. The fourth-order valence-corrected chi connectivity index (χ4v) is 2.51. The molecular weight excluding hydrogens is 288 g/mol. The predicted molar refractivity (Wildman–Crippen MR) is 78.4 cm³/mol. The summed E-state index contributed by atoms with van der Waals surface area (Å²) in [5, 5.41) is 10.7. The Morgan fingerprint density at radius 1 is 1.41 bits per heavy atom. The van der Waals surface area contributed by atoms with Crippen molar-refractivity contribution in [1.29, 1.82) is 0 Å². The number of likely N-dealkylation sites (tertiary alicyclic amines) is 1. The lowest BCUT2D eigenvalue weighted by Gasteiger charge is -2.33. The van der Waals surface area contributed by atoms with Crippen LogP contribution >= 0.6 is 0 Å². The normalized spacial score (nSPS) is 17.9. The van der Waals surface area contributed by atoms with Gasteiger partial charge in [-0.05, 0) is 32.3 Å². The molecule has 1 heterocycles. The highest BCUT2D eigenvalue weighted by Gasteiger charge is 2.24. The zero-order valence-corrected chi connectivity index (χ0v) is 12.4. The summed E-state index contributed by atoms with van der Waals surface area (Å²) in [6.07, 6.45) is 3.00. The average molecular weight is 306 g/mol. The lowest BCUT2D eigenvalue weighted by Crippen LogP contribution is -2.44. The van der Waals surface area contributed by atoms with E-state index in [4.69, 9.17) is 4.74 Å². The molecule has 118 valence electrons. The molecule has 7 nitrogen and oxygen atoms in total. The van der Waals surface area contributed by atoms with Gasteiger partial charge in [-0.25, -0.2) is 4.79 Å². The third-order valence-corrected chi connectivity index (χ3v) is 3.74. The number of nitro groups is 1. The van der Waals surface area contributed by atoms with E-state index >= 15 is 0 Å². The molecule has 22 heavy (non-hydrogen) atoms. The summed E-state index contributed by atoms with van der Waals surface area (Å²) in [5.41, 5.74) is -0.126. The molecule has 1 aromatic rings. The van der Waals surface area contributed by atoms with Crippen LogP contribution < -0.4 is 0 Å². The largest absolute Gasteiger partial charge is 0.452 e. The number of hydrogen-bond acceptors (Lipinski definition) is 5. The Bertz CT molecular complexity index is 587. The van der Waals surface area contributed by atoms with Crippen molar-refractivity contribution in [1.82, 2.24) is 4.90 Å². The minimum absolute atomic E-state index is 0.0636. The summed E-state index contributed by atoms with van der Waals surface area (Å²) in [6, 6.07) is 5.40. The Labute approximate surface area is 128 Å². The van der Waals surface area contributed by atoms with Gasteiger partial charge in [0.2, 0.25) is 0 Å². The van der Waals surface area contributed by atoms with Gasteiger partial charge in [-0.15, -0.1) is 0 Å². The number of esters is 1. The molecule has 0 aliphatic carbocycles. The van der Waals surface area contributed by atoms with Crippen LogP contribution in [0, 0.1) is 10.1 Å². The van der Waals surface area contributed by atoms with Crippen LogP contribution in [0.4, 0.5) is 5.69 Å². The number of carbonyl (C=O) groups excluding carboxylic acids is 2. The quantitative estimate of drug-likeness (QED) is 0.483. The van der Waals surface area contributed by atoms with Crippen LogP contribution in [-0.2, 0) is 9.53 Å².